The van der Waals surface area contributed by atoms with Gasteiger partial charge in [-0.3, -0.25) is 19.1 Å². The van der Waals surface area contributed by atoms with Gasteiger partial charge in [-0.05, 0) is 67.3 Å². The van der Waals surface area contributed by atoms with Crippen LogP contribution < -0.4 is 0 Å². The lowest BCUT2D eigenvalue weighted by Crippen LogP contribution is -2.49. The summed E-state index contributed by atoms with van der Waals surface area (Å²) in [6, 6.07) is 9.09. The molecular formula is C28H22Cl2F6N2O6S. The lowest BCUT2D eigenvalue weighted by atomic mass is 9.71. The molecule has 1 saturated heterocycles. The normalized spacial score (nSPS) is 17.7. The van der Waals surface area contributed by atoms with Gasteiger partial charge in [-0.1, -0.05) is 29.3 Å². The van der Waals surface area contributed by atoms with Gasteiger partial charge in [0.15, 0.2) is 0 Å². The molecule has 1 unspecified atom stereocenters. The average molecular weight is 699 g/mol. The van der Waals surface area contributed by atoms with Crippen molar-refractivity contribution in [3.05, 3.63) is 103 Å². The lowest BCUT2D eigenvalue weighted by molar-refractivity contribution is -0.384. The van der Waals surface area contributed by atoms with Crippen LogP contribution in [0, 0.1) is 10.1 Å². The highest BCUT2D eigenvalue weighted by Gasteiger charge is 2.41. The van der Waals surface area contributed by atoms with Crippen LogP contribution in [0.5, 0.6) is 0 Å². The van der Waals surface area contributed by atoms with E-state index >= 15 is 0 Å². The molecule has 0 saturated carbocycles. The second-order valence-electron chi connectivity index (χ2n) is 10.3. The molecule has 8 nitrogen and oxygen atoms in total. The molecule has 1 atom stereocenters. The topological polar surface area (TPSA) is 107 Å². The molecule has 1 amide bonds. The van der Waals surface area contributed by atoms with Gasteiger partial charge in [-0.2, -0.15) is 34.8 Å². The number of hydrogen-bond donors (Lipinski definition) is 0. The van der Waals surface area contributed by atoms with Gasteiger partial charge in [0.2, 0.25) is 0 Å². The van der Waals surface area contributed by atoms with Gasteiger partial charge in [0.25, 0.3) is 21.7 Å². The van der Waals surface area contributed by atoms with Crippen molar-refractivity contribution in [1.82, 2.24) is 4.90 Å². The number of likely N-dealkylation sites (tertiary alicyclic amines) is 1. The van der Waals surface area contributed by atoms with Crippen molar-refractivity contribution in [3.63, 3.8) is 0 Å². The van der Waals surface area contributed by atoms with Crippen LogP contribution in [0.15, 0.2) is 65.6 Å². The standard InChI is InChI=1S/C28H22Cl2F6N2O6S/c29-23-7-2-18(15-24(23)30)26(9-11-44-45(42,43)22-5-3-21(4-6-22)38(40)41)8-1-10-37(16-26)25(39)17-12-19(27(31,32)33)14-20(13-17)28(34,35)36/h2-7,12-15H,1,8-11,16H2. The molecule has 17 heteroatoms. The molecule has 3 aromatic carbocycles. The largest absolute Gasteiger partial charge is 0.416 e. The molecule has 242 valence electrons. The molecule has 0 spiro atoms. The summed E-state index contributed by atoms with van der Waals surface area (Å²) in [5.41, 5.74) is -5.08. The average Bonchev–Trinajstić information content (AvgIpc) is 2.97. The maximum absolute atomic E-state index is 13.5. The van der Waals surface area contributed by atoms with Crippen molar-refractivity contribution < 1.29 is 48.7 Å². The van der Waals surface area contributed by atoms with Crippen molar-refractivity contribution in [2.24, 2.45) is 0 Å². The number of carbonyl (C=O) groups excluding carboxylic acids is 1. The minimum atomic E-state index is -5.16. The van der Waals surface area contributed by atoms with Crippen LogP contribution in [-0.2, 0) is 32.1 Å². The minimum absolute atomic E-state index is 0.0124. The zero-order valence-corrected chi connectivity index (χ0v) is 25.1. The maximum Gasteiger partial charge on any atom is 0.416 e. The Labute approximate surface area is 262 Å². The van der Waals surface area contributed by atoms with Crippen LogP contribution in [0.2, 0.25) is 10.0 Å². The minimum Gasteiger partial charge on any atom is -0.338 e. The number of piperidine rings is 1. The van der Waals surface area contributed by atoms with Crippen LogP contribution in [-0.4, -0.2) is 43.8 Å². The molecule has 0 bridgehead atoms. The van der Waals surface area contributed by atoms with Crippen LogP contribution in [0.4, 0.5) is 32.0 Å². The zero-order chi connectivity index (χ0) is 33.4. The van der Waals surface area contributed by atoms with E-state index in [1.165, 1.54) is 12.1 Å². The molecule has 0 N–H and O–H groups in total. The Morgan fingerprint density at radius 3 is 2.07 bits per heavy atom. The van der Waals surface area contributed by atoms with Gasteiger partial charge in [0.05, 0.1) is 37.6 Å². The zero-order valence-electron chi connectivity index (χ0n) is 22.8. The Morgan fingerprint density at radius 2 is 1.53 bits per heavy atom. The first-order valence-corrected chi connectivity index (χ1v) is 15.2. The number of hydrogen-bond acceptors (Lipinski definition) is 6. The quantitative estimate of drug-likeness (QED) is 0.102. The third-order valence-electron chi connectivity index (χ3n) is 7.39. The van der Waals surface area contributed by atoms with E-state index in [-0.39, 0.29) is 52.6 Å². The van der Waals surface area contributed by atoms with Crippen molar-refractivity contribution in [2.45, 2.75) is 41.9 Å². The van der Waals surface area contributed by atoms with Gasteiger partial charge in [0.1, 0.15) is 0 Å². The van der Waals surface area contributed by atoms with Crippen molar-refractivity contribution in [2.75, 3.05) is 19.7 Å². The van der Waals surface area contributed by atoms with E-state index in [0.717, 1.165) is 29.2 Å². The highest BCUT2D eigenvalue weighted by molar-refractivity contribution is 7.86. The third-order valence-corrected chi connectivity index (χ3v) is 9.45. The van der Waals surface area contributed by atoms with Crippen molar-refractivity contribution in [3.8, 4) is 0 Å². The number of benzene rings is 3. The van der Waals surface area contributed by atoms with E-state index in [2.05, 4.69) is 0 Å². The molecule has 4 rings (SSSR count). The second-order valence-corrected chi connectivity index (χ2v) is 12.7. The predicted molar refractivity (Wildman–Crippen MR) is 151 cm³/mol. The van der Waals surface area contributed by atoms with E-state index in [0.29, 0.717) is 24.1 Å². The summed E-state index contributed by atoms with van der Waals surface area (Å²) in [7, 11) is -4.40. The van der Waals surface area contributed by atoms with Gasteiger partial charge in [-0.25, -0.2) is 0 Å². The summed E-state index contributed by atoms with van der Waals surface area (Å²) in [6.07, 6.45) is -9.85. The van der Waals surface area contributed by atoms with Gasteiger partial charge < -0.3 is 4.90 Å². The Hall–Kier alpha value is -3.40. The van der Waals surface area contributed by atoms with Gasteiger partial charge in [-0.15, -0.1) is 0 Å². The summed E-state index contributed by atoms with van der Waals surface area (Å²) in [5.74, 6) is -1.09. The summed E-state index contributed by atoms with van der Waals surface area (Å²) < 4.78 is 112. The van der Waals surface area contributed by atoms with Crippen molar-refractivity contribution in [1.29, 1.82) is 0 Å². The highest BCUT2D eigenvalue weighted by Crippen LogP contribution is 2.41. The van der Waals surface area contributed by atoms with E-state index < -0.39 is 62.0 Å². The first-order valence-electron chi connectivity index (χ1n) is 13.0. The van der Waals surface area contributed by atoms with Gasteiger partial charge in [0, 0.05) is 36.2 Å². The van der Waals surface area contributed by atoms with Crippen LogP contribution >= 0.6 is 23.2 Å². The van der Waals surface area contributed by atoms with Crippen molar-refractivity contribution >= 4 is 44.9 Å². The summed E-state index contributed by atoms with van der Waals surface area (Å²) in [6.45, 7) is -0.715. The molecule has 1 heterocycles. The molecule has 1 fully saturated rings. The van der Waals surface area contributed by atoms with E-state index in [4.69, 9.17) is 27.4 Å². The third kappa shape index (κ3) is 7.88. The van der Waals surface area contributed by atoms with E-state index in [9.17, 15) is 49.7 Å². The highest BCUT2D eigenvalue weighted by atomic mass is 35.5. The maximum atomic E-state index is 13.5. The number of halogens is 8. The first-order chi connectivity index (χ1) is 20.8. The molecular weight excluding hydrogens is 677 g/mol. The molecule has 0 radical (unpaired) electrons. The lowest BCUT2D eigenvalue weighted by Gasteiger charge is -2.43. The number of rotatable bonds is 8. The van der Waals surface area contributed by atoms with E-state index in [1.54, 1.807) is 6.07 Å². The molecule has 1 aliphatic rings. The Morgan fingerprint density at radius 1 is 0.933 bits per heavy atom. The molecule has 45 heavy (non-hydrogen) atoms. The number of amides is 1. The van der Waals surface area contributed by atoms with Gasteiger partial charge >= 0.3 is 12.4 Å². The molecule has 1 aliphatic heterocycles. The van der Waals surface area contributed by atoms with E-state index in [1.807, 2.05) is 0 Å². The fraction of sp³-hybridized carbons (Fsp3) is 0.321. The number of nitrogens with zero attached hydrogens (tertiary/aromatic N) is 2. The second kappa shape index (κ2) is 12.8. The summed E-state index contributed by atoms with van der Waals surface area (Å²) in [4.78, 5) is 24.4. The Bertz CT molecular complexity index is 1690. The van der Waals surface area contributed by atoms with Crippen LogP contribution in [0.1, 0.15) is 46.3 Å². The summed E-state index contributed by atoms with van der Waals surface area (Å²) in [5, 5.41) is 11.2. The Kier molecular flexibility index (Phi) is 9.79. The molecule has 0 aliphatic carbocycles. The number of non-ortho nitro benzene ring substituents is 1. The monoisotopic (exact) mass is 698 g/mol. The first kappa shape index (κ1) is 34.5. The number of nitro groups is 1. The number of nitro benzene ring substituents is 1. The SMILES string of the molecule is O=C(c1cc(C(F)(F)F)cc(C(F)(F)F)c1)N1CCCC(CCOS(=O)(=O)c2ccc([N+](=O)[O-])cc2)(c2ccc(Cl)c(Cl)c2)C1. The fourth-order valence-corrected chi connectivity index (χ4v) is 6.33. The summed E-state index contributed by atoms with van der Waals surface area (Å²) >= 11 is 12.3. The van der Waals surface area contributed by atoms with Crippen LogP contribution in [0.25, 0.3) is 0 Å². The van der Waals surface area contributed by atoms with Crippen LogP contribution in [0.3, 0.4) is 0 Å². The molecule has 3 aromatic rings. The smallest absolute Gasteiger partial charge is 0.338 e. The predicted octanol–water partition coefficient (Wildman–Crippen LogP) is 7.91. The fourth-order valence-electron chi connectivity index (χ4n) is 5.13. The Balaban J connectivity index is 1.65. The molecule has 0 aromatic heterocycles. The number of carbonyl (C=O) groups is 1. The number of alkyl halides is 6.